The molecule has 0 aliphatic heterocycles. The fraction of sp³-hybridized carbons (Fsp3) is 0.125. The maximum absolute atomic E-state index is 12.5. The molecule has 0 atom stereocenters. The van der Waals surface area contributed by atoms with Crippen molar-refractivity contribution < 1.29 is 9.21 Å². The van der Waals surface area contributed by atoms with Crippen LogP contribution in [0, 0.1) is 0 Å². The summed E-state index contributed by atoms with van der Waals surface area (Å²) < 4.78 is 8.09. The fourth-order valence-corrected chi connectivity index (χ4v) is 2.53. The van der Waals surface area contributed by atoms with Crippen molar-refractivity contribution in [2.45, 2.75) is 13.1 Å². The second-order valence-corrected chi connectivity index (χ2v) is 5.26. The van der Waals surface area contributed by atoms with Gasteiger partial charge in [0.2, 0.25) is 5.91 Å². The molecule has 0 aliphatic carbocycles. The number of carbonyl (C=O) groups is 1. The molecule has 24 heavy (non-hydrogen) atoms. The van der Waals surface area contributed by atoms with Crippen molar-refractivity contribution >= 4 is 22.5 Å². The first-order valence-electron chi connectivity index (χ1n) is 7.33. The number of nitrogens with zero attached hydrogens (tertiary/aromatic N) is 4. The number of amides is 1. The van der Waals surface area contributed by atoms with Crippen LogP contribution in [0.4, 0.5) is 0 Å². The van der Waals surface area contributed by atoms with Crippen LogP contribution in [0.3, 0.4) is 0 Å². The van der Waals surface area contributed by atoms with Gasteiger partial charge in [0.25, 0.3) is 5.56 Å². The highest BCUT2D eigenvalue weighted by Crippen LogP contribution is 2.10. The summed E-state index contributed by atoms with van der Waals surface area (Å²) >= 11 is 0. The molecule has 8 heteroatoms. The Morgan fingerprint density at radius 3 is 3.04 bits per heavy atom. The molecular formula is C16H13N5O3. The van der Waals surface area contributed by atoms with E-state index in [0.717, 1.165) is 0 Å². The van der Waals surface area contributed by atoms with Crippen molar-refractivity contribution in [2.75, 3.05) is 0 Å². The van der Waals surface area contributed by atoms with E-state index in [0.29, 0.717) is 22.3 Å². The molecule has 0 radical (unpaired) electrons. The van der Waals surface area contributed by atoms with Gasteiger partial charge in [0.05, 0.1) is 29.9 Å². The standard InChI is InChI=1S/C16H13N5O3/c22-15(18-8-11-2-1-7-24-11)10-20-6-4-13-12(16(20)23)9-17-14-3-5-19-21(13)14/h1-7,9H,8,10H2,(H,18,22). The predicted molar refractivity (Wildman–Crippen MR) is 85.3 cm³/mol. The summed E-state index contributed by atoms with van der Waals surface area (Å²) in [5.74, 6) is 0.375. The Kier molecular flexibility index (Phi) is 3.34. The molecule has 4 heterocycles. The first kappa shape index (κ1) is 14.2. The van der Waals surface area contributed by atoms with Gasteiger partial charge in [-0.1, -0.05) is 0 Å². The normalized spacial score (nSPS) is 11.2. The zero-order chi connectivity index (χ0) is 16.5. The number of hydrogen-bond donors (Lipinski definition) is 1. The van der Waals surface area contributed by atoms with Gasteiger partial charge in [0, 0.05) is 18.5 Å². The van der Waals surface area contributed by atoms with E-state index in [1.807, 2.05) is 0 Å². The number of furan rings is 1. The van der Waals surface area contributed by atoms with E-state index < -0.39 is 0 Å². The molecule has 0 aliphatic rings. The molecule has 4 rings (SSSR count). The monoisotopic (exact) mass is 323 g/mol. The maximum atomic E-state index is 12.5. The van der Waals surface area contributed by atoms with Crippen molar-refractivity contribution in [1.82, 2.24) is 24.5 Å². The van der Waals surface area contributed by atoms with Crippen molar-refractivity contribution in [1.29, 1.82) is 0 Å². The van der Waals surface area contributed by atoms with Crippen LogP contribution in [-0.2, 0) is 17.9 Å². The summed E-state index contributed by atoms with van der Waals surface area (Å²) in [6, 6.07) is 7.02. The second-order valence-electron chi connectivity index (χ2n) is 5.26. The molecule has 4 aromatic rings. The molecule has 0 saturated heterocycles. The van der Waals surface area contributed by atoms with Gasteiger partial charge in [-0.3, -0.25) is 9.59 Å². The van der Waals surface area contributed by atoms with Gasteiger partial charge in [0.1, 0.15) is 12.3 Å². The Balaban J connectivity index is 1.60. The Bertz CT molecular complexity index is 1080. The minimum absolute atomic E-state index is 0.0768. The first-order chi connectivity index (χ1) is 11.7. The number of aromatic nitrogens is 4. The summed E-state index contributed by atoms with van der Waals surface area (Å²) in [5.41, 5.74) is 1.03. The lowest BCUT2D eigenvalue weighted by molar-refractivity contribution is -0.121. The number of pyridine rings is 1. The Labute approximate surface area is 135 Å². The van der Waals surface area contributed by atoms with Crippen molar-refractivity contribution in [3.05, 3.63) is 65.2 Å². The lowest BCUT2D eigenvalue weighted by Crippen LogP contribution is -2.31. The number of fused-ring (bicyclic) bond motifs is 3. The Morgan fingerprint density at radius 2 is 2.21 bits per heavy atom. The number of hydrogen-bond acceptors (Lipinski definition) is 5. The van der Waals surface area contributed by atoms with Gasteiger partial charge in [-0.2, -0.15) is 5.10 Å². The zero-order valence-corrected chi connectivity index (χ0v) is 12.5. The van der Waals surface area contributed by atoms with Crippen LogP contribution in [-0.4, -0.2) is 25.1 Å². The average Bonchev–Trinajstić information content (AvgIpc) is 3.26. The minimum atomic E-state index is -0.287. The maximum Gasteiger partial charge on any atom is 0.262 e. The third kappa shape index (κ3) is 2.43. The van der Waals surface area contributed by atoms with Crippen LogP contribution in [0.15, 0.2) is 58.3 Å². The van der Waals surface area contributed by atoms with Crippen LogP contribution in [0.5, 0.6) is 0 Å². The molecule has 120 valence electrons. The zero-order valence-electron chi connectivity index (χ0n) is 12.5. The highest BCUT2D eigenvalue weighted by molar-refractivity contribution is 5.80. The molecule has 0 unspecified atom stereocenters. The van der Waals surface area contributed by atoms with Gasteiger partial charge in [-0.25, -0.2) is 9.50 Å². The lowest BCUT2D eigenvalue weighted by atomic mass is 10.3. The van der Waals surface area contributed by atoms with Crippen LogP contribution in [0.25, 0.3) is 16.6 Å². The van der Waals surface area contributed by atoms with E-state index in [-0.39, 0.29) is 24.6 Å². The summed E-state index contributed by atoms with van der Waals surface area (Å²) in [4.78, 5) is 28.8. The molecule has 0 aromatic carbocycles. The smallest absolute Gasteiger partial charge is 0.262 e. The van der Waals surface area contributed by atoms with Gasteiger partial charge in [-0.15, -0.1) is 0 Å². The van der Waals surface area contributed by atoms with Crippen LogP contribution in [0.2, 0.25) is 0 Å². The average molecular weight is 323 g/mol. The first-order valence-corrected chi connectivity index (χ1v) is 7.33. The molecule has 1 amide bonds. The number of nitrogens with one attached hydrogen (secondary N) is 1. The van der Waals surface area contributed by atoms with Gasteiger partial charge in [0.15, 0.2) is 5.65 Å². The lowest BCUT2D eigenvalue weighted by Gasteiger charge is -2.08. The SMILES string of the molecule is O=C(Cn1ccc2c(cnc3ccnn32)c1=O)NCc1ccco1. The van der Waals surface area contributed by atoms with Crippen LogP contribution < -0.4 is 10.9 Å². The molecule has 0 fully saturated rings. The van der Waals surface area contributed by atoms with E-state index in [1.54, 1.807) is 47.4 Å². The largest absolute Gasteiger partial charge is 0.467 e. The van der Waals surface area contributed by atoms with E-state index in [4.69, 9.17) is 4.42 Å². The minimum Gasteiger partial charge on any atom is -0.467 e. The summed E-state index contributed by atoms with van der Waals surface area (Å²) in [6.07, 6.45) is 6.25. The molecule has 8 nitrogen and oxygen atoms in total. The topological polar surface area (TPSA) is 94.4 Å². The van der Waals surface area contributed by atoms with Gasteiger partial charge < -0.3 is 14.3 Å². The number of carbonyl (C=O) groups excluding carboxylic acids is 1. The van der Waals surface area contributed by atoms with Crippen molar-refractivity contribution in [2.24, 2.45) is 0 Å². The highest BCUT2D eigenvalue weighted by Gasteiger charge is 2.10. The summed E-state index contributed by atoms with van der Waals surface area (Å²) in [7, 11) is 0. The molecule has 1 N–H and O–H groups in total. The molecule has 0 bridgehead atoms. The quantitative estimate of drug-likeness (QED) is 0.603. The third-order valence-corrected chi connectivity index (χ3v) is 3.71. The third-order valence-electron chi connectivity index (χ3n) is 3.71. The van der Waals surface area contributed by atoms with E-state index >= 15 is 0 Å². The molecule has 0 spiro atoms. The molecule has 4 aromatic heterocycles. The highest BCUT2D eigenvalue weighted by atomic mass is 16.3. The summed E-state index contributed by atoms with van der Waals surface area (Å²) in [5, 5.41) is 7.27. The Hall–Kier alpha value is -3.42. The summed E-state index contributed by atoms with van der Waals surface area (Å²) in [6.45, 7) is 0.205. The molecular weight excluding hydrogens is 310 g/mol. The van der Waals surface area contributed by atoms with Crippen LogP contribution >= 0.6 is 0 Å². The van der Waals surface area contributed by atoms with E-state index in [2.05, 4.69) is 15.4 Å². The van der Waals surface area contributed by atoms with E-state index in [1.165, 1.54) is 10.8 Å². The predicted octanol–water partition coefficient (Wildman–Crippen LogP) is 0.954. The van der Waals surface area contributed by atoms with Crippen molar-refractivity contribution in [3.8, 4) is 0 Å². The fourth-order valence-electron chi connectivity index (χ4n) is 2.53. The molecule has 0 saturated carbocycles. The Morgan fingerprint density at radius 1 is 1.29 bits per heavy atom. The van der Waals surface area contributed by atoms with Crippen LogP contribution in [0.1, 0.15) is 5.76 Å². The van der Waals surface area contributed by atoms with Gasteiger partial charge in [-0.05, 0) is 18.2 Å². The van der Waals surface area contributed by atoms with E-state index in [9.17, 15) is 9.59 Å². The van der Waals surface area contributed by atoms with Crippen molar-refractivity contribution in [3.63, 3.8) is 0 Å². The number of rotatable bonds is 4. The van der Waals surface area contributed by atoms with Gasteiger partial charge >= 0.3 is 0 Å². The second kappa shape index (κ2) is 5.65.